The summed E-state index contributed by atoms with van der Waals surface area (Å²) in [6.45, 7) is 10.3. The lowest BCUT2D eigenvalue weighted by Gasteiger charge is -2.37. The van der Waals surface area contributed by atoms with E-state index in [0.29, 0.717) is 4.34 Å². The van der Waals surface area contributed by atoms with E-state index in [2.05, 4.69) is 33.9 Å². The van der Waals surface area contributed by atoms with Crippen molar-refractivity contribution in [1.82, 2.24) is 0 Å². The highest BCUT2D eigenvalue weighted by atomic mass is 35.5. The zero-order valence-corrected chi connectivity index (χ0v) is 15.2. The molecule has 2 unspecified atom stereocenters. The molecule has 1 amide bonds. The Morgan fingerprint density at radius 2 is 2.00 bits per heavy atom. The molecule has 2 N–H and O–H groups in total. The standard InChI is InChI=1S/C13H22ClNO3SSi/c1-13(2,3)11(18-20(4)5)10(17-12(15)16)8-6-7-9(14)19-8/h6-7,10-11,20H,1-5H3,(H2,15,16). The highest BCUT2D eigenvalue weighted by Crippen LogP contribution is 2.39. The maximum absolute atomic E-state index is 11.2. The topological polar surface area (TPSA) is 61.6 Å². The predicted molar refractivity (Wildman–Crippen MR) is 85.9 cm³/mol. The highest BCUT2D eigenvalue weighted by molar-refractivity contribution is 7.16. The van der Waals surface area contributed by atoms with Crippen molar-refractivity contribution in [2.75, 3.05) is 0 Å². The van der Waals surface area contributed by atoms with Gasteiger partial charge in [-0.3, -0.25) is 0 Å². The zero-order chi connectivity index (χ0) is 15.5. The SMILES string of the molecule is C[SiH](C)OC(C(OC(N)=O)c1ccc(Cl)s1)C(C)(C)C. The minimum absolute atomic E-state index is 0.187. The van der Waals surface area contributed by atoms with Crippen molar-refractivity contribution in [3.8, 4) is 0 Å². The summed E-state index contributed by atoms with van der Waals surface area (Å²) >= 11 is 7.36. The van der Waals surface area contributed by atoms with Gasteiger partial charge in [-0.15, -0.1) is 11.3 Å². The van der Waals surface area contributed by atoms with Gasteiger partial charge in [0.25, 0.3) is 0 Å². The van der Waals surface area contributed by atoms with Crippen LogP contribution in [0, 0.1) is 5.41 Å². The molecule has 0 bridgehead atoms. The minimum Gasteiger partial charge on any atom is -0.438 e. The molecule has 0 aliphatic heterocycles. The number of carbonyl (C=O) groups excluding carboxylic acids is 1. The van der Waals surface area contributed by atoms with Crippen molar-refractivity contribution < 1.29 is 14.0 Å². The van der Waals surface area contributed by atoms with Crippen LogP contribution in [0.3, 0.4) is 0 Å². The third-order valence-electron chi connectivity index (χ3n) is 2.66. The van der Waals surface area contributed by atoms with Gasteiger partial charge < -0.3 is 14.9 Å². The van der Waals surface area contributed by atoms with Gasteiger partial charge >= 0.3 is 6.09 Å². The van der Waals surface area contributed by atoms with Crippen molar-refractivity contribution in [3.63, 3.8) is 0 Å². The van der Waals surface area contributed by atoms with E-state index in [-0.39, 0.29) is 11.5 Å². The third-order valence-corrected chi connectivity index (χ3v) is 4.79. The fourth-order valence-corrected chi connectivity index (χ4v) is 4.15. The highest BCUT2D eigenvalue weighted by Gasteiger charge is 2.37. The van der Waals surface area contributed by atoms with Gasteiger partial charge in [-0.2, -0.15) is 0 Å². The average Bonchev–Trinajstić information content (AvgIpc) is 2.67. The molecule has 1 aromatic rings. The van der Waals surface area contributed by atoms with Crippen LogP contribution < -0.4 is 5.73 Å². The summed E-state index contributed by atoms with van der Waals surface area (Å²) in [6.07, 6.45) is -1.58. The molecule has 7 heteroatoms. The molecule has 114 valence electrons. The first-order valence-corrected chi connectivity index (χ1v) is 10.5. The van der Waals surface area contributed by atoms with Crippen LogP contribution in [0.2, 0.25) is 17.4 Å². The summed E-state index contributed by atoms with van der Waals surface area (Å²) in [4.78, 5) is 12.1. The van der Waals surface area contributed by atoms with E-state index in [1.165, 1.54) is 11.3 Å². The normalized spacial score (nSPS) is 15.2. The van der Waals surface area contributed by atoms with Gasteiger partial charge in [0.1, 0.15) is 0 Å². The van der Waals surface area contributed by atoms with Crippen LogP contribution in [-0.2, 0) is 9.16 Å². The first kappa shape index (κ1) is 17.5. The van der Waals surface area contributed by atoms with Crippen LogP contribution >= 0.6 is 22.9 Å². The number of amides is 1. The fourth-order valence-electron chi connectivity index (χ4n) is 1.90. The first-order valence-electron chi connectivity index (χ1n) is 6.48. The molecule has 0 radical (unpaired) electrons. The quantitative estimate of drug-likeness (QED) is 0.828. The van der Waals surface area contributed by atoms with E-state index >= 15 is 0 Å². The molecular weight excluding hydrogens is 314 g/mol. The molecular formula is C13H22ClNO3SSi. The van der Waals surface area contributed by atoms with Gasteiger partial charge in [0.05, 0.1) is 10.4 Å². The third kappa shape index (κ3) is 5.09. The molecule has 0 fully saturated rings. The van der Waals surface area contributed by atoms with E-state index in [9.17, 15) is 4.79 Å². The number of hydrogen-bond donors (Lipinski definition) is 1. The molecule has 0 aliphatic carbocycles. The fraction of sp³-hybridized carbons (Fsp3) is 0.615. The van der Waals surface area contributed by atoms with E-state index in [1.54, 1.807) is 6.07 Å². The van der Waals surface area contributed by atoms with Crippen LogP contribution in [0.25, 0.3) is 0 Å². The number of hydrogen-bond acceptors (Lipinski definition) is 4. The van der Waals surface area contributed by atoms with E-state index in [4.69, 9.17) is 26.5 Å². The van der Waals surface area contributed by atoms with Gasteiger partial charge in [0.15, 0.2) is 15.1 Å². The molecule has 2 atom stereocenters. The van der Waals surface area contributed by atoms with Crippen molar-refractivity contribution in [3.05, 3.63) is 21.3 Å². The molecule has 0 saturated heterocycles. The first-order chi connectivity index (χ1) is 9.11. The lowest BCUT2D eigenvalue weighted by molar-refractivity contribution is -0.0347. The van der Waals surface area contributed by atoms with E-state index in [1.807, 2.05) is 6.07 Å². The van der Waals surface area contributed by atoms with E-state index in [0.717, 1.165) is 4.88 Å². The van der Waals surface area contributed by atoms with Crippen LogP contribution in [0.5, 0.6) is 0 Å². The predicted octanol–water partition coefficient (Wildman–Crippen LogP) is 3.95. The maximum Gasteiger partial charge on any atom is 0.405 e. The molecule has 1 heterocycles. The number of nitrogens with two attached hydrogens (primary N) is 1. The van der Waals surface area contributed by atoms with Gasteiger partial charge in [-0.25, -0.2) is 4.79 Å². The summed E-state index contributed by atoms with van der Waals surface area (Å²) in [5, 5.41) is 0. The second-order valence-corrected chi connectivity index (χ2v) is 10.1. The van der Waals surface area contributed by atoms with Gasteiger partial charge in [-0.1, -0.05) is 32.4 Å². The van der Waals surface area contributed by atoms with E-state index < -0.39 is 21.2 Å². The Bertz CT molecular complexity index is 459. The average molecular weight is 336 g/mol. The molecule has 4 nitrogen and oxygen atoms in total. The molecule has 0 spiro atoms. The Labute approximate surface area is 130 Å². The molecule has 0 saturated carbocycles. The van der Waals surface area contributed by atoms with Gasteiger partial charge in [-0.05, 0) is 30.6 Å². The summed E-state index contributed by atoms with van der Waals surface area (Å²) in [5.74, 6) is 0. The largest absolute Gasteiger partial charge is 0.438 e. The zero-order valence-electron chi connectivity index (χ0n) is 12.5. The number of primary amides is 1. The molecule has 0 aliphatic rings. The van der Waals surface area contributed by atoms with Crippen molar-refractivity contribution in [2.45, 2.75) is 46.1 Å². The van der Waals surface area contributed by atoms with Crippen molar-refractivity contribution in [1.29, 1.82) is 0 Å². The van der Waals surface area contributed by atoms with Crippen molar-refractivity contribution in [2.24, 2.45) is 11.1 Å². The number of rotatable bonds is 5. The van der Waals surface area contributed by atoms with Crippen molar-refractivity contribution >= 4 is 38.1 Å². The second-order valence-electron chi connectivity index (χ2n) is 5.97. The lowest BCUT2D eigenvalue weighted by Crippen LogP contribution is -2.40. The summed E-state index contributed by atoms with van der Waals surface area (Å²) in [5.41, 5.74) is 5.03. The van der Waals surface area contributed by atoms with Crippen LogP contribution in [0.1, 0.15) is 31.8 Å². The van der Waals surface area contributed by atoms with Crippen LogP contribution in [0.15, 0.2) is 12.1 Å². The Balaban J connectivity index is 3.13. The molecule has 1 rings (SSSR count). The number of thiophene rings is 1. The van der Waals surface area contributed by atoms with Gasteiger partial charge in [0.2, 0.25) is 0 Å². The molecule has 20 heavy (non-hydrogen) atoms. The number of halogens is 1. The number of carbonyl (C=O) groups is 1. The van der Waals surface area contributed by atoms with Gasteiger partial charge in [0, 0.05) is 4.88 Å². The summed E-state index contributed by atoms with van der Waals surface area (Å²) in [7, 11) is -1.31. The Hall–Kier alpha value is -0.563. The number of ether oxygens (including phenoxy) is 1. The maximum atomic E-state index is 11.2. The molecule has 1 aromatic heterocycles. The molecule has 0 aromatic carbocycles. The Kier molecular flexibility index (Phi) is 6.06. The monoisotopic (exact) mass is 335 g/mol. The Morgan fingerprint density at radius 1 is 1.40 bits per heavy atom. The van der Waals surface area contributed by atoms with Crippen LogP contribution in [-0.4, -0.2) is 21.2 Å². The summed E-state index contributed by atoms with van der Waals surface area (Å²) < 4.78 is 12.1. The smallest absolute Gasteiger partial charge is 0.405 e. The second kappa shape index (κ2) is 6.93. The minimum atomic E-state index is -1.31. The Morgan fingerprint density at radius 3 is 2.35 bits per heavy atom. The van der Waals surface area contributed by atoms with Crippen LogP contribution in [0.4, 0.5) is 4.79 Å². The summed E-state index contributed by atoms with van der Waals surface area (Å²) in [6, 6.07) is 3.63. The lowest BCUT2D eigenvalue weighted by atomic mass is 9.85.